The molecule has 0 atom stereocenters. The van der Waals surface area contributed by atoms with Crippen LogP contribution in [0.15, 0.2) is 69.3 Å². The van der Waals surface area contributed by atoms with Gasteiger partial charge in [-0.1, -0.05) is 35.5 Å². The van der Waals surface area contributed by atoms with Crippen LogP contribution in [0.4, 0.5) is 5.69 Å². The van der Waals surface area contributed by atoms with Gasteiger partial charge in [0, 0.05) is 29.9 Å². The van der Waals surface area contributed by atoms with Crippen molar-refractivity contribution in [3.8, 4) is 11.4 Å². The van der Waals surface area contributed by atoms with Crippen LogP contribution in [0, 0.1) is 6.92 Å². The van der Waals surface area contributed by atoms with Crippen LogP contribution in [0.1, 0.15) is 17.1 Å². The fourth-order valence-electron chi connectivity index (χ4n) is 3.27. The summed E-state index contributed by atoms with van der Waals surface area (Å²) in [6.07, 6.45) is 0.152. The number of anilines is 1. The van der Waals surface area contributed by atoms with Crippen LogP contribution in [0.5, 0.6) is 5.75 Å². The molecule has 2 aromatic heterocycles. The highest BCUT2D eigenvalue weighted by Crippen LogP contribution is 2.25. The van der Waals surface area contributed by atoms with E-state index >= 15 is 0 Å². The number of carbonyl (C=O) groups excluding carboxylic acids is 1. The largest absolute Gasteiger partial charge is 0.497 e. The number of benzene rings is 2. The van der Waals surface area contributed by atoms with Crippen molar-refractivity contribution in [1.29, 1.82) is 0 Å². The van der Waals surface area contributed by atoms with Crippen LogP contribution in [-0.2, 0) is 11.2 Å². The highest BCUT2D eigenvalue weighted by atomic mass is 32.2. The number of nitrogens with one attached hydrogen (secondary N) is 3. The molecule has 4 aromatic rings. The number of amides is 1. The minimum Gasteiger partial charge on any atom is -0.497 e. The average molecular weight is 479 g/mol. The highest BCUT2D eigenvalue weighted by molar-refractivity contribution is 7.99. The Morgan fingerprint density at radius 3 is 2.62 bits per heavy atom. The minimum absolute atomic E-state index is 0.109. The van der Waals surface area contributed by atoms with E-state index in [1.54, 1.807) is 11.7 Å². The van der Waals surface area contributed by atoms with Gasteiger partial charge in [-0.05, 0) is 31.2 Å². The van der Waals surface area contributed by atoms with Crippen molar-refractivity contribution in [3.63, 3.8) is 0 Å². The summed E-state index contributed by atoms with van der Waals surface area (Å²) < 4.78 is 7.11. The molecule has 0 saturated heterocycles. The normalized spacial score (nSPS) is 10.8. The summed E-state index contributed by atoms with van der Waals surface area (Å²) >= 11 is 1.22. The summed E-state index contributed by atoms with van der Waals surface area (Å²) in [4.78, 5) is 40.6. The van der Waals surface area contributed by atoms with Crippen LogP contribution in [0.3, 0.4) is 0 Å². The SMILES string of the molecule is COc1cccc(-n2c(Cc3cc(=O)[nH]c(=O)[nH]3)nnc2SCC(=O)Nc2ccc(C)cc2)c1. The summed E-state index contributed by atoms with van der Waals surface area (Å²) in [7, 11) is 1.57. The number of H-pyrrole nitrogens is 2. The first-order valence-electron chi connectivity index (χ1n) is 10.3. The van der Waals surface area contributed by atoms with Crippen molar-refractivity contribution >= 4 is 23.4 Å². The maximum absolute atomic E-state index is 12.5. The van der Waals surface area contributed by atoms with Gasteiger partial charge in [0.25, 0.3) is 5.56 Å². The molecule has 34 heavy (non-hydrogen) atoms. The molecular weight excluding hydrogens is 456 g/mol. The Morgan fingerprint density at radius 1 is 1.09 bits per heavy atom. The van der Waals surface area contributed by atoms with Crippen molar-refractivity contribution in [2.24, 2.45) is 0 Å². The molecule has 0 aliphatic carbocycles. The number of aromatic amines is 2. The van der Waals surface area contributed by atoms with E-state index in [-0.39, 0.29) is 18.1 Å². The van der Waals surface area contributed by atoms with Gasteiger partial charge in [-0.3, -0.25) is 19.1 Å². The second-order valence-electron chi connectivity index (χ2n) is 7.43. The lowest BCUT2D eigenvalue weighted by Gasteiger charge is -2.12. The first kappa shape index (κ1) is 23.1. The molecule has 4 rings (SSSR count). The molecule has 0 fully saturated rings. The number of carbonyl (C=O) groups is 1. The summed E-state index contributed by atoms with van der Waals surface area (Å²) in [5, 5.41) is 11.9. The van der Waals surface area contributed by atoms with Crippen molar-refractivity contribution in [3.05, 3.63) is 92.5 Å². The van der Waals surface area contributed by atoms with Crippen molar-refractivity contribution < 1.29 is 9.53 Å². The predicted molar refractivity (Wildman–Crippen MR) is 129 cm³/mol. The zero-order valence-corrected chi connectivity index (χ0v) is 19.3. The molecule has 0 radical (unpaired) electrons. The first-order valence-corrected chi connectivity index (χ1v) is 11.3. The van der Waals surface area contributed by atoms with Gasteiger partial charge in [0.05, 0.1) is 18.6 Å². The number of aryl methyl sites for hydroxylation is 1. The van der Waals surface area contributed by atoms with Crippen LogP contribution in [0.2, 0.25) is 0 Å². The molecule has 0 spiro atoms. The molecular formula is C23H22N6O4S. The summed E-state index contributed by atoms with van der Waals surface area (Å²) in [6.45, 7) is 1.98. The maximum Gasteiger partial charge on any atom is 0.325 e. The zero-order valence-electron chi connectivity index (χ0n) is 18.5. The van der Waals surface area contributed by atoms with E-state index in [9.17, 15) is 14.4 Å². The van der Waals surface area contributed by atoms with Crippen LogP contribution >= 0.6 is 11.8 Å². The molecule has 11 heteroatoms. The van der Waals surface area contributed by atoms with Crippen LogP contribution < -0.4 is 21.3 Å². The third-order valence-electron chi connectivity index (χ3n) is 4.84. The Bertz CT molecular complexity index is 1400. The van der Waals surface area contributed by atoms with Crippen molar-refractivity contribution in [1.82, 2.24) is 24.7 Å². The lowest BCUT2D eigenvalue weighted by molar-refractivity contribution is -0.113. The molecule has 0 aliphatic heterocycles. The van der Waals surface area contributed by atoms with E-state index in [0.29, 0.717) is 33.8 Å². The van der Waals surface area contributed by atoms with E-state index in [0.717, 1.165) is 5.56 Å². The third-order valence-corrected chi connectivity index (χ3v) is 5.77. The van der Waals surface area contributed by atoms with E-state index < -0.39 is 11.2 Å². The number of aromatic nitrogens is 5. The number of methoxy groups -OCH3 is 1. The topological polar surface area (TPSA) is 135 Å². The molecule has 0 aliphatic rings. The fraction of sp³-hybridized carbons (Fsp3) is 0.174. The second kappa shape index (κ2) is 10.2. The lowest BCUT2D eigenvalue weighted by Crippen LogP contribution is -2.23. The number of thioether (sulfide) groups is 1. The molecule has 10 nitrogen and oxygen atoms in total. The van der Waals surface area contributed by atoms with E-state index in [1.807, 2.05) is 55.5 Å². The van der Waals surface area contributed by atoms with Gasteiger partial charge in [-0.25, -0.2) is 4.79 Å². The lowest BCUT2D eigenvalue weighted by atomic mass is 10.2. The highest BCUT2D eigenvalue weighted by Gasteiger charge is 2.17. The Labute approximate surface area is 198 Å². The molecule has 2 heterocycles. The summed E-state index contributed by atoms with van der Waals surface area (Å²) in [5.41, 5.74) is 1.82. The second-order valence-corrected chi connectivity index (χ2v) is 8.37. The minimum atomic E-state index is -0.600. The molecule has 0 unspecified atom stereocenters. The van der Waals surface area contributed by atoms with Gasteiger partial charge in [0.15, 0.2) is 5.16 Å². The van der Waals surface area contributed by atoms with E-state index in [1.165, 1.54) is 17.8 Å². The van der Waals surface area contributed by atoms with E-state index in [4.69, 9.17) is 4.74 Å². The molecule has 0 bridgehead atoms. The number of nitrogens with zero attached hydrogens (tertiary/aromatic N) is 3. The summed E-state index contributed by atoms with van der Waals surface area (Å²) in [6, 6.07) is 16.1. The van der Waals surface area contributed by atoms with Crippen molar-refractivity contribution in [2.45, 2.75) is 18.5 Å². The predicted octanol–water partition coefficient (Wildman–Crippen LogP) is 2.28. The number of rotatable bonds is 8. The third kappa shape index (κ3) is 5.62. The molecule has 174 valence electrons. The number of hydrogen-bond acceptors (Lipinski definition) is 7. The van der Waals surface area contributed by atoms with Gasteiger partial charge in [-0.15, -0.1) is 10.2 Å². The summed E-state index contributed by atoms with van der Waals surface area (Å²) in [5.74, 6) is 1.04. The van der Waals surface area contributed by atoms with Gasteiger partial charge in [0.1, 0.15) is 11.6 Å². The monoisotopic (exact) mass is 478 g/mol. The Hall–Kier alpha value is -4.12. The zero-order chi connectivity index (χ0) is 24.1. The van der Waals surface area contributed by atoms with Gasteiger partial charge >= 0.3 is 5.69 Å². The molecule has 0 saturated carbocycles. The Kier molecular flexibility index (Phi) is 6.93. The first-order chi connectivity index (χ1) is 16.4. The molecule has 3 N–H and O–H groups in total. The van der Waals surface area contributed by atoms with Crippen molar-refractivity contribution in [2.75, 3.05) is 18.2 Å². The van der Waals surface area contributed by atoms with Gasteiger partial charge in [-0.2, -0.15) is 0 Å². The molecule has 1 amide bonds. The Morgan fingerprint density at radius 2 is 1.88 bits per heavy atom. The maximum atomic E-state index is 12.5. The van der Waals surface area contributed by atoms with Crippen LogP contribution in [0.25, 0.3) is 5.69 Å². The van der Waals surface area contributed by atoms with Gasteiger partial charge < -0.3 is 15.0 Å². The smallest absolute Gasteiger partial charge is 0.325 e. The number of ether oxygens (including phenoxy) is 1. The molecule has 2 aromatic carbocycles. The number of hydrogen-bond donors (Lipinski definition) is 3. The Balaban J connectivity index is 1.61. The van der Waals surface area contributed by atoms with Crippen LogP contribution in [-0.4, -0.2) is 43.5 Å². The van der Waals surface area contributed by atoms with Gasteiger partial charge in [0.2, 0.25) is 5.91 Å². The fourth-order valence-corrected chi connectivity index (χ4v) is 4.04. The quantitative estimate of drug-likeness (QED) is 0.331. The average Bonchev–Trinajstić information content (AvgIpc) is 3.21. The standard InChI is InChI=1S/C23H22N6O4S/c1-14-6-8-15(9-7-14)24-21(31)13-34-23-28-27-19(10-16-11-20(30)26-22(32)25-16)29(23)17-4-3-5-18(12-17)33-2/h3-9,11-12H,10,13H2,1-2H3,(H,24,31)(H2,25,26,30,32). The van der Waals surface area contributed by atoms with E-state index in [2.05, 4.69) is 25.5 Å².